The summed E-state index contributed by atoms with van der Waals surface area (Å²) in [7, 11) is 0. The van der Waals surface area contributed by atoms with E-state index in [-0.39, 0.29) is 18.5 Å². The zero-order valence-corrected chi connectivity index (χ0v) is 58.4. The van der Waals surface area contributed by atoms with Crippen LogP contribution in [0.3, 0.4) is 0 Å². The molecule has 0 bridgehead atoms. The van der Waals surface area contributed by atoms with E-state index in [2.05, 4.69) is 19.2 Å². The molecule has 6 heteroatoms. The Labute approximate surface area is 534 Å². The SMILES string of the molecule is CCCCCCCCCCCCCCCCCCCCCCCC(O)C(CO)NC(=O)CCCCCCCCCCCCCCCCCCCCCCCCCCCCCCCCCCCOC(=O)CCCCCCCCCCCCCCCC. The summed E-state index contributed by atoms with van der Waals surface area (Å²) in [5.41, 5.74) is 0. The molecule has 0 aromatic heterocycles. The first-order chi connectivity index (χ1) is 42.0. The van der Waals surface area contributed by atoms with E-state index in [0.717, 1.165) is 38.5 Å². The Morgan fingerprint density at radius 1 is 0.282 bits per heavy atom. The number of aliphatic hydroxyl groups is 2. The lowest BCUT2D eigenvalue weighted by atomic mass is 10.0. The van der Waals surface area contributed by atoms with Crippen LogP contribution in [0.4, 0.5) is 0 Å². The molecule has 0 spiro atoms. The van der Waals surface area contributed by atoms with Crippen LogP contribution in [0.2, 0.25) is 0 Å². The van der Waals surface area contributed by atoms with Crippen molar-refractivity contribution in [1.29, 1.82) is 0 Å². The van der Waals surface area contributed by atoms with Gasteiger partial charge in [0.2, 0.25) is 5.91 Å². The maximum atomic E-state index is 12.6. The summed E-state index contributed by atoms with van der Waals surface area (Å²) < 4.78 is 5.50. The average molecular weight is 1200 g/mol. The molecule has 0 aromatic rings. The smallest absolute Gasteiger partial charge is 0.305 e. The summed E-state index contributed by atoms with van der Waals surface area (Å²) in [5.74, 6) is 0.00140. The van der Waals surface area contributed by atoms with E-state index in [0.29, 0.717) is 25.9 Å². The number of amides is 1. The summed E-state index contributed by atoms with van der Waals surface area (Å²) in [6.45, 7) is 5.02. The molecule has 0 rings (SSSR count). The Hall–Kier alpha value is -1.14. The number of hydrogen-bond donors (Lipinski definition) is 3. The molecule has 0 aliphatic rings. The lowest BCUT2D eigenvalue weighted by Crippen LogP contribution is -2.45. The van der Waals surface area contributed by atoms with Crippen LogP contribution in [0.1, 0.15) is 470 Å². The number of esters is 1. The van der Waals surface area contributed by atoms with Crippen molar-refractivity contribution in [3.05, 3.63) is 0 Å². The van der Waals surface area contributed by atoms with Crippen LogP contribution in [0.5, 0.6) is 0 Å². The molecule has 0 aliphatic heterocycles. The number of nitrogens with one attached hydrogen (secondary N) is 1. The second-order valence-electron chi connectivity index (χ2n) is 27.8. The molecular weight excluding hydrogens is 1040 g/mol. The number of rotatable bonds is 76. The molecule has 0 radical (unpaired) electrons. The van der Waals surface area contributed by atoms with Gasteiger partial charge in [0, 0.05) is 12.8 Å². The Kier molecular flexibility index (Phi) is 74.3. The minimum absolute atomic E-state index is 0.0241. The Balaban J connectivity index is 3.31. The van der Waals surface area contributed by atoms with Crippen molar-refractivity contribution in [2.24, 2.45) is 0 Å². The molecule has 0 aromatic carbocycles. The maximum Gasteiger partial charge on any atom is 0.305 e. The number of ether oxygens (including phenoxy) is 1. The van der Waals surface area contributed by atoms with Gasteiger partial charge in [-0.1, -0.05) is 431 Å². The Morgan fingerprint density at radius 3 is 0.718 bits per heavy atom. The number of unbranched alkanes of at least 4 members (excludes halogenated alkanes) is 65. The van der Waals surface area contributed by atoms with Crippen LogP contribution in [0.15, 0.2) is 0 Å². The first-order valence-electron chi connectivity index (χ1n) is 39.8. The average Bonchev–Trinajstić information content (AvgIpc) is 3.51. The van der Waals surface area contributed by atoms with Crippen LogP contribution in [0.25, 0.3) is 0 Å². The van der Waals surface area contributed by atoms with Crippen molar-refractivity contribution >= 4 is 11.9 Å². The highest BCUT2D eigenvalue weighted by atomic mass is 16.5. The van der Waals surface area contributed by atoms with Gasteiger partial charge in [-0.15, -0.1) is 0 Å². The molecule has 6 nitrogen and oxygen atoms in total. The van der Waals surface area contributed by atoms with Crippen molar-refractivity contribution < 1.29 is 24.5 Å². The van der Waals surface area contributed by atoms with E-state index >= 15 is 0 Å². The fourth-order valence-electron chi connectivity index (χ4n) is 13.1. The number of carbonyl (C=O) groups excluding carboxylic acids is 2. The number of carbonyl (C=O) groups is 2. The van der Waals surface area contributed by atoms with Gasteiger partial charge in [0.25, 0.3) is 0 Å². The molecule has 0 fully saturated rings. The molecule has 0 saturated carbocycles. The van der Waals surface area contributed by atoms with E-state index in [9.17, 15) is 19.8 Å². The van der Waals surface area contributed by atoms with E-state index in [1.807, 2.05) is 0 Å². The lowest BCUT2D eigenvalue weighted by molar-refractivity contribution is -0.143. The summed E-state index contributed by atoms with van der Waals surface area (Å²) in [4.78, 5) is 24.6. The van der Waals surface area contributed by atoms with Gasteiger partial charge in [0.15, 0.2) is 0 Å². The molecule has 0 heterocycles. The fraction of sp³-hybridized carbons (Fsp3) is 0.975. The van der Waals surface area contributed by atoms with Crippen LogP contribution < -0.4 is 5.32 Å². The molecule has 508 valence electrons. The Morgan fingerprint density at radius 2 is 0.482 bits per heavy atom. The van der Waals surface area contributed by atoms with Crippen molar-refractivity contribution in [2.75, 3.05) is 13.2 Å². The van der Waals surface area contributed by atoms with Gasteiger partial charge < -0.3 is 20.3 Å². The van der Waals surface area contributed by atoms with Gasteiger partial charge in [0.1, 0.15) is 0 Å². The zero-order chi connectivity index (χ0) is 61.3. The summed E-state index contributed by atoms with van der Waals surface area (Å²) in [6.07, 6.45) is 93.4. The van der Waals surface area contributed by atoms with Crippen molar-refractivity contribution in [1.82, 2.24) is 5.32 Å². The monoisotopic (exact) mass is 1200 g/mol. The van der Waals surface area contributed by atoms with Gasteiger partial charge in [-0.3, -0.25) is 9.59 Å². The van der Waals surface area contributed by atoms with Crippen LogP contribution in [-0.2, 0) is 14.3 Å². The molecule has 2 atom stereocenters. The second kappa shape index (κ2) is 75.3. The highest BCUT2D eigenvalue weighted by molar-refractivity contribution is 5.76. The van der Waals surface area contributed by atoms with Crippen LogP contribution in [-0.4, -0.2) is 47.4 Å². The van der Waals surface area contributed by atoms with Crippen molar-refractivity contribution in [3.8, 4) is 0 Å². The Bertz CT molecular complexity index is 1240. The van der Waals surface area contributed by atoms with E-state index < -0.39 is 12.1 Å². The quantitative estimate of drug-likeness (QED) is 0.0417. The molecule has 1 amide bonds. The number of hydrogen-bond acceptors (Lipinski definition) is 5. The fourth-order valence-corrected chi connectivity index (χ4v) is 13.1. The van der Waals surface area contributed by atoms with E-state index in [4.69, 9.17) is 4.74 Å². The second-order valence-corrected chi connectivity index (χ2v) is 27.8. The highest BCUT2D eigenvalue weighted by Crippen LogP contribution is 2.21. The summed E-state index contributed by atoms with van der Waals surface area (Å²) in [6, 6.07) is -0.538. The topological polar surface area (TPSA) is 95.9 Å². The molecule has 0 aliphatic carbocycles. The third-order valence-electron chi connectivity index (χ3n) is 19.2. The van der Waals surface area contributed by atoms with Gasteiger partial charge in [-0.05, 0) is 25.7 Å². The third-order valence-corrected chi connectivity index (χ3v) is 19.2. The van der Waals surface area contributed by atoms with Gasteiger partial charge >= 0.3 is 5.97 Å². The first-order valence-corrected chi connectivity index (χ1v) is 39.8. The predicted octanol–water partition coefficient (Wildman–Crippen LogP) is 26.1. The molecule has 2 unspecified atom stereocenters. The molecular formula is C79H157NO5. The zero-order valence-electron chi connectivity index (χ0n) is 58.4. The van der Waals surface area contributed by atoms with Gasteiger partial charge in [-0.2, -0.15) is 0 Å². The minimum atomic E-state index is -0.661. The van der Waals surface area contributed by atoms with E-state index in [1.165, 1.54) is 398 Å². The summed E-state index contributed by atoms with van der Waals surface area (Å²) >= 11 is 0. The summed E-state index contributed by atoms with van der Waals surface area (Å²) in [5, 5.41) is 23.5. The third kappa shape index (κ3) is 71.8. The largest absolute Gasteiger partial charge is 0.466 e. The lowest BCUT2D eigenvalue weighted by Gasteiger charge is -2.22. The van der Waals surface area contributed by atoms with Gasteiger partial charge in [0.05, 0.1) is 25.4 Å². The van der Waals surface area contributed by atoms with E-state index in [1.54, 1.807) is 0 Å². The molecule has 3 N–H and O–H groups in total. The van der Waals surface area contributed by atoms with Crippen LogP contribution in [0, 0.1) is 0 Å². The first kappa shape index (κ1) is 83.9. The molecule has 85 heavy (non-hydrogen) atoms. The molecule has 0 saturated heterocycles. The standard InChI is InChI=1S/C79H157NO5/c1-3-5-7-9-11-13-15-17-19-20-21-35-38-41-44-47-51-55-59-63-67-71-77(82)76(75-81)80-78(83)72-68-64-60-56-52-48-45-42-39-36-33-31-29-27-25-23-22-24-26-28-30-32-34-37-40-43-46-50-54-58-62-66-70-74-85-79(84)73-69-65-61-57-53-49-18-16-14-12-10-8-6-4-2/h76-77,81-82H,3-75H2,1-2H3,(H,80,83). The van der Waals surface area contributed by atoms with Crippen LogP contribution >= 0.6 is 0 Å². The minimum Gasteiger partial charge on any atom is -0.466 e. The van der Waals surface area contributed by atoms with Crippen molar-refractivity contribution in [2.45, 2.75) is 482 Å². The predicted molar refractivity (Wildman–Crippen MR) is 375 cm³/mol. The normalized spacial score (nSPS) is 12.4. The maximum absolute atomic E-state index is 12.6. The highest BCUT2D eigenvalue weighted by Gasteiger charge is 2.20. The van der Waals surface area contributed by atoms with Gasteiger partial charge in [-0.25, -0.2) is 0 Å². The number of aliphatic hydroxyl groups excluding tert-OH is 2. The van der Waals surface area contributed by atoms with Crippen molar-refractivity contribution in [3.63, 3.8) is 0 Å².